The molecule has 0 rings (SSSR count). The van der Waals surface area contributed by atoms with Gasteiger partial charge in [-0.3, -0.25) is 0 Å². The second kappa shape index (κ2) is 9.29. The SMILES string of the molecule is C=C(C)C(=O)OC(C)(C)CC(C)(C)NC(=O)NC(C)(C)CC(C)(C)NC(C)C. The van der Waals surface area contributed by atoms with Crippen LogP contribution >= 0.6 is 0 Å². The molecule has 0 aromatic heterocycles. The number of rotatable bonds is 10. The van der Waals surface area contributed by atoms with E-state index in [0.29, 0.717) is 18.0 Å². The van der Waals surface area contributed by atoms with E-state index in [1.165, 1.54) is 0 Å². The van der Waals surface area contributed by atoms with E-state index < -0.39 is 22.6 Å². The van der Waals surface area contributed by atoms with Crippen molar-refractivity contribution >= 4 is 12.0 Å². The maximum absolute atomic E-state index is 12.6. The molecule has 0 saturated heterocycles. The number of hydrogen-bond acceptors (Lipinski definition) is 4. The number of esters is 1. The zero-order valence-electron chi connectivity index (χ0n) is 19.9. The monoisotopic (exact) mass is 397 g/mol. The number of ether oxygens (including phenoxy) is 1. The van der Waals surface area contributed by atoms with Gasteiger partial charge in [0.2, 0.25) is 0 Å². The standard InChI is InChI=1S/C22H43N3O3/c1-15(2)17(26)28-22(11,12)14-21(9,10)25-18(27)24-20(7,8)13-19(5,6)23-16(3)4/h16,23H,1,13-14H2,2-12H3,(H2,24,25,27). The Labute approximate surface area is 172 Å². The van der Waals surface area contributed by atoms with Gasteiger partial charge in [0.25, 0.3) is 0 Å². The number of carbonyl (C=O) groups excluding carboxylic acids is 2. The Morgan fingerprint density at radius 1 is 0.857 bits per heavy atom. The summed E-state index contributed by atoms with van der Waals surface area (Å²) in [5.41, 5.74) is -1.45. The van der Waals surface area contributed by atoms with Crippen molar-refractivity contribution < 1.29 is 14.3 Å². The summed E-state index contributed by atoms with van der Waals surface area (Å²) in [4.78, 5) is 24.5. The van der Waals surface area contributed by atoms with Crippen molar-refractivity contribution in [1.29, 1.82) is 0 Å². The van der Waals surface area contributed by atoms with Crippen LogP contribution in [0.4, 0.5) is 4.79 Å². The first-order valence-corrected chi connectivity index (χ1v) is 10.0. The maximum Gasteiger partial charge on any atom is 0.333 e. The van der Waals surface area contributed by atoms with Crippen LogP contribution in [0.15, 0.2) is 12.2 Å². The molecular weight excluding hydrogens is 354 g/mol. The van der Waals surface area contributed by atoms with E-state index >= 15 is 0 Å². The van der Waals surface area contributed by atoms with E-state index in [1.54, 1.807) is 6.92 Å². The lowest BCUT2D eigenvalue weighted by Gasteiger charge is -2.39. The summed E-state index contributed by atoms with van der Waals surface area (Å²) in [6, 6.07) is 0.125. The molecule has 0 aromatic carbocycles. The summed E-state index contributed by atoms with van der Waals surface area (Å²) >= 11 is 0. The van der Waals surface area contributed by atoms with Crippen LogP contribution < -0.4 is 16.0 Å². The fourth-order valence-corrected chi connectivity index (χ4v) is 4.11. The Kier molecular flexibility index (Phi) is 8.77. The number of carbonyl (C=O) groups is 2. The fourth-order valence-electron chi connectivity index (χ4n) is 4.11. The van der Waals surface area contributed by atoms with Crippen LogP contribution in [0.3, 0.4) is 0 Å². The van der Waals surface area contributed by atoms with Gasteiger partial charge in [-0.2, -0.15) is 0 Å². The molecule has 0 radical (unpaired) electrons. The topological polar surface area (TPSA) is 79.5 Å². The van der Waals surface area contributed by atoms with Crippen molar-refractivity contribution in [1.82, 2.24) is 16.0 Å². The first kappa shape index (κ1) is 26.4. The predicted molar refractivity (Wildman–Crippen MR) is 116 cm³/mol. The van der Waals surface area contributed by atoms with E-state index in [1.807, 2.05) is 41.5 Å². The molecule has 164 valence electrons. The van der Waals surface area contributed by atoms with Crippen LogP contribution in [0.25, 0.3) is 0 Å². The van der Waals surface area contributed by atoms with Gasteiger partial charge in [-0.25, -0.2) is 9.59 Å². The van der Waals surface area contributed by atoms with Gasteiger partial charge in [-0.05, 0) is 68.7 Å². The van der Waals surface area contributed by atoms with Gasteiger partial charge in [0.05, 0.1) is 0 Å². The molecule has 0 saturated carbocycles. The number of nitrogens with one attached hydrogen (secondary N) is 3. The van der Waals surface area contributed by atoms with Crippen molar-refractivity contribution in [2.24, 2.45) is 0 Å². The zero-order valence-corrected chi connectivity index (χ0v) is 19.9. The Hall–Kier alpha value is -1.56. The van der Waals surface area contributed by atoms with Crippen LogP contribution in [0.2, 0.25) is 0 Å². The van der Waals surface area contributed by atoms with Crippen molar-refractivity contribution in [2.45, 2.75) is 117 Å². The molecule has 0 aliphatic heterocycles. The van der Waals surface area contributed by atoms with Gasteiger partial charge in [0, 0.05) is 34.7 Å². The highest BCUT2D eigenvalue weighted by atomic mass is 16.6. The average Bonchev–Trinajstić information content (AvgIpc) is 2.29. The summed E-state index contributed by atoms with van der Waals surface area (Å²) < 4.78 is 5.50. The summed E-state index contributed by atoms with van der Waals surface area (Å²) in [7, 11) is 0. The zero-order chi connectivity index (χ0) is 22.6. The number of urea groups is 1. The van der Waals surface area contributed by atoms with E-state index in [2.05, 4.69) is 50.2 Å². The highest BCUT2D eigenvalue weighted by Crippen LogP contribution is 2.25. The molecule has 6 heteroatoms. The summed E-state index contributed by atoms with van der Waals surface area (Å²) in [5.74, 6) is -0.425. The Morgan fingerprint density at radius 3 is 1.68 bits per heavy atom. The Morgan fingerprint density at radius 2 is 1.29 bits per heavy atom. The molecule has 0 spiro atoms. The van der Waals surface area contributed by atoms with E-state index in [0.717, 1.165) is 6.42 Å². The third-order valence-corrected chi connectivity index (χ3v) is 4.05. The molecule has 0 unspecified atom stereocenters. The molecule has 0 fully saturated rings. The van der Waals surface area contributed by atoms with Crippen LogP contribution in [0.1, 0.15) is 89.0 Å². The minimum Gasteiger partial charge on any atom is -0.456 e. The molecule has 6 nitrogen and oxygen atoms in total. The van der Waals surface area contributed by atoms with Crippen molar-refractivity contribution in [2.75, 3.05) is 0 Å². The number of amides is 2. The molecule has 0 aliphatic rings. The van der Waals surface area contributed by atoms with Crippen LogP contribution in [-0.2, 0) is 9.53 Å². The van der Waals surface area contributed by atoms with Crippen molar-refractivity contribution in [3.05, 3.63) is 12.2 Å². The van der Waals surface area contributed by atoms with Crippen LogP contribution in [0, 0.1) is 0 Å². The summed E-state index contributed by atoms with van der Waals surface area (Å²) in [6.45, 7) is 25.3. The van der Waals surface area contributed by atoms with Crippen LogP contribution in [-0.4, -0.2) is 40.3 Å². The fraction of sp³-hybridized carbons (Fsp3) is 0.818. The quantitative estimate of drug-likeness (QED) is 0.379. The van der Waals surface area contributed by atoms with Crippen molar-refractivity contribution in [3.8, 4) is 0 Å². The largest absolute Gasteiger partial charge is 0.456 e. The highest BCUT2D eigenvalue weighted by Gasteiger charge is 2.35. The third kappa shape index (κ3) is 11.3. The predicted octanol–water partition coefficient (Wildman–Crippen LogP) is 4.30. The van der Waals surface area contributed by atoms with Gasteiger partial charge in [-0.15, -0.1) is 0 Å². The summed E-state index contributed by atoms with van der Waals surface area (Å²) in [6.07, 6.45) is 1.24. The van der Waals surface area contributed by atoms with Gasteiger partial charge < -0.3 is 20.7 Å². The Balaban J connectivity index is 4.90. The van der Waals surface area contributed by atoms with Gasteiger partial charge in [0.15, 0.2) is 0 Å². The normalized spacial score (nSPS) is 13.3. The summed E-state index contributed by atoms with van der Waals surface area (Å²) in [5, 5.41) is 9.62. The lowest BCUT2D eigenvalue weighted by molar-refractivity contribution is -0.153. The molecule has 0 aromatic rings. The molecule has 28 heavy (non-hydrogen) atoms. The Bertz CT molecular complexity index is 576. The van der Waals surface area contributed by atoms with Crippen molar-refractivity contribution in [3.63, 3.8) is 0 Å². The molecular formula is C22H43N3O3. The van der Waals surface area contributed by atoms with E-state index in [9.17, 15) is 9.59 Å². The second-order valence-corrected chi connectivity index (χ2v) is 10.8. The lowest BCUT2D eigenvalue weighted by atomic mass is 9.86. The van der Waals surface area contributed by atoms with Gasteiger partial charge in [-0.1, -0.05) is 20.4 Å². The second-order valence-electron chi connectivity index (χ2n) is 10.8. The third-order valence-electron chi connectivity index (χ3n) is 4.05. The average molecular weight is 398 g/mol. The smallest absolute Gasteiger partial charge is 0.333 e. The molecule has 0 aliphatic carbocycles. The van der Waals surface area contributed by atoms with E-state index in [4.69, 9.17) is 4.74 Å². The highest BCUT2D eigenvalue weighted by molar-refractivity contribution is 5.87. The van der Waals surface area contributed by atoms with Gasteiger partial charge >= 0.3 is 12.0 Å². The number of hydrogen-bond donors (Lipinski definition) is 3. The lowest BCUT2D eigenvalue weighted by Crippen LogP contribution is -2.59. The first-order chi connectivity index (χ1) is 12.3. The molecule has 3 N–H and O–H groups in total. The minimum atomic E-state index is -0.731. The van der Waals surface area contributed by atoms with Crippen LogP contribution in [0.5, 0.6) is 0 Å². The first-order valence-electron chi connectivity index (χ1n) is 10.0. The molecule has 0 heterocycles. The van der Waals surface area contributed by atoms with Gasteiger partial charge in [0.1, 0.15) is 5.60 Å². The maximum atomic E-state index is 12.6. The molecule has 2 amide bonds. The minimum absolute atomic E-state index is 0.112. The molecule has 0 atom stereocenters. The van der Waals surface area contributed by atoms with E-state index in [-0.39, 0.29) is 11.6 Å². The molecule has 0 bridgehead atoms.